The molecule has 23 heavy (non-hydrogen) atoms. The Morgan fingerprint density at radius 1 is 1.22 bits per heavy atom. The van der Waals surface area contributed by atoms with Crippen molar-refractivity contribution < 1.29 is 0 Å². The standard InChI is InChI=1S/C18H26N4S/c1-13-19-17-5-3-4-6-18(17)22(13)16-8-10-21(11-16)9-7-15-12-23-14(2)20-15/h12,16H,3-11H2,1-2H3/t16-/m0/s1. The van der Waals surface area contributed by atoms with E-state index in [-0.39, 0.29) is 0 Å². The molecule has 5 heteroatoms. The zero-order valence-electron chi connectivity index (χ0n) is 14.2. The minimum Gasteiger partial charge on any atom is -0.328 e. The molecule has 0 radical (unpaired) electrons. The summed E-state index contributed by atoms with van der Waals surface area (Å²) in [5.74, 6) is 1.24. The maximum atomic E-state index is 4.85. The second-order valence-electron chi connectivity index (χ2n) is 6.98. The molecule has 1 fully saturated rings. The molecule has 2 aromatic rings. The van der Waals surface area contributed by atoms with Gasteiger partial charge in [0.2, 0.25) is 0 Å². The number of likely N-dealkylation sites (tertiary alicyclic amines) is 1. The molecular formula is C18H26N4S. The third-order valence-corrected chi connectivity index (χ3v) is 6.13. The van der Waals surface area contributed by atoms with Crippen LogP contribution in [0.5, 0.6) is 0 Å². The fraction of sp³-hybridized carbons (Fsp3) is 0.667. The van der Waals surface area contributed by atoms with E-state index < -0.39 is 0 Å². The normalized spacial score (nSPS) is 21.7. The van der Waals surface area contributed by atoms with Crippen LogP contribution in [0.3, 0.4) is 0 Å². The minimum atomic E-state index is 0.626. The van der Waals surface area contributed by atoms with E-state index in [9.17, 15) is 0 Å². The van der Waals surface area contributed by atoms with Crippen LogP contribution in [-0.4, -0.2) is 39.1 Å². The molecule has 124 valence electrons. The van der Waals surface area contributed by atoms with E-state index in [0.29, 0.717) is 6.04 Å². The Bertz CT molecular complexity index is 687. The third kappa shape index (κ3) is 3.09. The first-order chi connectivity index (χ1) is 11.2. The highest BCUT2D eigenvalue weighted by molar-refractivity contribution is 7.09. The average molecular weight is 331 g/mol. The fourth-order valence-corrected chi connectivity index (χ4v) is 4.85. The summed E-state index contributed by atoms with van der Waals surface area (Å²) in [6.45, 7) is 7.80. The SMILES string of the molecule is Cc1nc(CCN2CC[C@H](n3c(C)nc4c3CCCC4)C2)cs1. The molecule has 0 spiro atoms. The molecular weight excluding hydrogens is 304 g/mol. The lowest BCUT2D eigenvalue weighted by molar-refractivity contribution is 0.324. The maximum absolute atomic E-state index is 4.85. The number of rotatable bonds is 4. The molecule has 4 nitrogen and oxygen atoms in total. The zero-order valence-corrected chi connectivity index (χ0v) is 15.0. The van der Waals surface area contributed by atoms with E-state index in [2.05, 4.69) is 33.7 Å². The Labute approximate surface area is 142 Å². The highest BCUT2D eigenvalue weighted by Crippen LogP contribution is 2.30. The van der Waals surface area contributed by atoms with E-state index in [1.807, 2.05) is 0 Å². The van der Waals surface area contributed by atoms with E-state index in [1.54, 1.807) is 11.3 Å². The Morgan fingerprint density at radius 2 is 2.09 bits per heavy atom. The van der Waals surface area contributed by atoms with Crippen LogP contribution in [0.15, 0.2) is 5.38 Å². The summed E-state index contributed by atoms with van der Waals surface area (Å²) in [6.07, 6.45) is 7.40. The van der Waals surface area contributed by atoms with Gasteiger partial charge in [-0.25, -0.2) is 9.97 Å². The molecule has 1 aliphatic heterocycles. The zero-order chi connectivity index (χ0) is 15.8. The van der Waals surface area contributed by atoms with Gasteiger partial charge in [-0.3, -0.25) is 0 Å². The van der Waals surface area contributed by atoms with Crippen molar-refractivity contribution >= 4 is 11.3 Å². The topological polar surface area (TPSA) is 34.0 Å². The van der Waals surface area contributed by atoms with Gasteiger partial charge in [-0.05, 0) is 46.0 Å². The third-order valence-electron chi connectivity index (χ3n) is 5.31. The van der Waals surface area contributed by atoms with Gasteiger partial charge in [0.15, 0.2) is 0 Å². The van der Waals surface area contributed by atoms with Crippen molar-refractivity contribution in [2.75, 3.05) is 19.6 Å². The van der Waals surface area contributed by atoms with E-state index in [0.717, 1.165) is 13.0 Å². The molecule has 0 unspecified atom stereocenters. The lowest BCUT2D eigenvalue weighted by Gasteiger charge is -2.21. The van der Waals surface area contributed by atoms with E-state index in [4.69, 9.17) is 4.98 Å². The number of imidazole rings is 1. The monoisotopic (exact) mass is 330 g/mol. The molecule has 0 amide bonds. The number of hydrogen-bond acceptors (Lipinski definition) is 4. The maximum Gasteiger partial charge on any atom is 0.106 e. The van der Waals surface area contributed by atoms with Crippen LogP contribution in [0.2, 0.25) is 0 Å². The van der Waals surface area contributed by atoms with Gasteiger partial charge in [-0.15, -0.1) is 11.3 Å². The molecule has 2 aromatic heterocycles. The Kier molecular flexibility index (Phi) is 4.24. The van der Waals surface area contributed by atoms with Crippen LogP contribution in [-0.2, 0) is 19.3 Å². The number of hydrogen-bond donors (Lipinski definition) is 0. The van der Waals surface area contributed by atoms with Crippen molar-refractivity contribution in [3.8, 4) is 0 Å². The quantitative estimate of drug-likeness (QED) is 0.862. The number of aromatic nitrogens is 3. The molecule has 0 aromatic carbocycles. The van der Waals surface area contributed by atoms with Gasteiger partial charge in [0.25, 0.3) is 0 Å². The predicted octanol–water partition coefficient (Wildman–Crippen LogP) is 3.32. The Hall–Kier alpha value is -1.20. The van der Waals surface area contributed by atoms with Crippen LogP contribution in [0.1, 0.15) is 53.2 Å². The summed E-state index contributed by atoms with van der Waals surface area (Å²) >= 11 is 1.76. The highest BCUT2D eigenvalue weighted by Gasteiger charge is 2.28. The van der Waals surface area contributed by atoms with E-state index in [1.165, 1.54) is 73.1 Å². The first-order valence-corrected chi connectivity index (χ1v) is 9.78. The molecule has 4 rings (SSSR count). The van der Waals surface area contributed by atoms with Gasteiger partial charge >= 0.3 is 0 Å². The highest BCUT2D eigenvalue weighted by atomic mass is 32.1. The second-order valence-corrected chi connectivity index (χ2v) is 8.04. The Balaban J connectivity index is 1.41. The molecule has 3 heterocycles. The summed E-state index contributed by atoms with van der Waals surface area (Å²) in [5, 5.41) is 3.39. The van der Waals surface area contributed by atoms with Gasteiger partial charge in [0, 0.05) is 43.2 Å². The molecule has 0 saturated carbocycles. The Morgan fingerprint density at radius 3 is 2.91 bits per heavy atom. The van der Waals surface area contributed by atoms with Crippen molar-refractivity contribution in [3.05, 3.63) is 33.3 Å². The summed E-state index contributed by atoms with van der Waals surface area (Å²) in [5.41, 5.74) is 4.17. The van der Waals surface area contributed by atoms with E-state index >= 15 is 0 Å². The lowest BCUT2D eigenvalue weighted by Crippen LogP contribution is -2.25. The van der Waals surface area contributed by atoms with Crippen molar-refractivity contribution in [2.24, 2.45) is 0 Å². The minimum absolute atomic E-state index is 0.626. The van der Waals surface area contributed by atoms with Crippen molar-refractivity contribution in [1.82, 2.24) is 19.4 Å². The lowest BCUT2D eigenvalue weighted by atomic mass is 10.0. The average Bonchev–Trinajstić information content (AvgIpc) is 3.23. The summed E-state index contributed by atoms with van der Waals surface area (Å²) in [4.78, 5) is 12.0. The molecule has 1 atom stereocenters. The molecule has 1 saturated heterocycles. The first kappa shape index (κ1) is 15.3. The summed E-state index contributed by atoms with van der Waals surface area (Å²) < 4.78 is 2.57. The van der Waals surface area contributed by atoms with Gasteiger partial charge in [-0.2, -0.15) is 0 Å². The van der Waals surface area contributed by atoms with Gasteiger partial charge in [-0.1, -0.05) is 0 Å². The molecule has 2 aliphatic rings. The number of aryl methyl sites for hydroxylation is 3. The largest absolute Gasteiger partial charge is 0.328 e. The van der Waals surface area contributed by atoms with Crippen molar-refractivity contribution in [3.63, 3.8) is 0 Å². The molecule has 1 aliphatic carbocycles. The van der Waals surface area contributed by atoms with Crippen molar-refractivity contribution in [1.29, 1.82) is 0 Å². The van der Waals surface area contributed by atoms with Crippen LogP contribution in [0.25, 0.3) is 0 Å². The fourth-order valence-electron chi connectivity index (χ4n) is 4.20. The summed E-state index contributed by atoms with van der Waals surface area (Å²) in [7, 11) is 0. The van der Waals surface area contributed by atoms with Gasteiger partial charge < -0.3 is 9.47 Å². The van der Waals surface area contributed by atoms with Crippen molar-refractivity contribution in [2.45, 2.75) is 58.4 Å². The predicted molar refractivity (Wildman–Crippen MR) is 94.3 cm³/mol. The smallest absolute Gasteiger partial charge is 0.106 e. The van der Waals surface area contributed by atoms with Crippen LogP contribution in [0.4, 0.5) is 0 Å². The number of nitrogens with zero attached hydrogens (tertiary/aromatic N) is 4. The van der Waals surface area contributed by atoms with Crippen LogP contribution in [0, 0.1) is 13.8 Å². The first-order valence-electron chi connectivity index (χ1n) is 8.90. The number of thiazole rings is 1. The summed E-state index contributed by atoms with van der Waals surface area (Å²) in [6, 6.07) is 0.626. The van der Waals surface area contributed by atoms with Gasteiger partial charge in [0.1, 0.15) is 5.82 Å². The molecule has 0 N–H and O–H groups in total. The van der Waals surface area contributed by atoms with Crippen LogP contribution >= 0.6 is 11.3 Å². The second kappa shape index (κ2) is 6.36. The van der Waals surface area contributed by atoms with Gasteiger partial charge in [0.05, 0.1) is 16.4 Å². The van der Waals surface area contributed by atoms with Crippen LogP contribution < -0.4 is 0 Å². The number of fused-ring (bicyclic) bond motifs is 1. The molecule has 0 bridgehead atoms.